The Labute approximate surface area is 108 Å². The molecule has 2 aromatic rings. The Hall–Kier alpha value is -1.68. The van der Waals surface area contributed by atoms with Crippen LogP contribution in [-0.4, -0.2) is 21.0 Å². The quantitative estimate of drug-likeness (QED) is 0.898. The van der Waals surface area contributed by atoms with Crippen molar-refractivity contribution in [2.24, 2.45) is 0 Å². The normalized spacial score (nSPS) is 11.2. The first-order valence-electron chi connectivity index (χ1n) is 6.28. The zero-order valence-corrected chi connectivity index (χ0v) is 11.4. The van der Waals surface area contributed by atoms with Gasteiger partial charge in [-0.25, -0.2) is 4.68 Å². The first-order valence-corrected chi connectivity index (χ1v) is 6.28. The van der Waals surface area contributed by atoms with Gasteiger partial charge in [0.15, 0.2) is 0 Å². The lowest BCUT2D eigenvalue weighted by Crippen LogP contribution is -2.21. The highest BCUT2D eigenvalue weighted by atomic mass is 15.4. The van der Waals surface area contributed by atoms with Gasteiger partial charge >= 0.3 is 0 Å². The van der Waals surface area contributed by atoms with Crippen molar-refractivity contribution in [2.45, 2.75) is 40.3 Å². The predicted molar refractivity (Wildman–Crippen MR) is 72.8 cm³/mol. The molecule has 0 aliphatic carbocycles. The first kappa shape index (κ1) is 12.8. The fraction of sp³-hybridized carbons (Fsp3) is 0.429. The Bertz CT molecular complexity index is 528. The van der Waals surface area contributed by atoms with Crippen LogP contribution in [0.4, 0.5) is 0 Å². The minimum absolute atomic E-state index is 0.455. The van der Waals surface area contributed by atoms with Crippen LogP contribution < -0.4 is 5.32 Å². The van der Waals surface area contributed by atoms with Crippen LogP contribution in [0.1, 0.15) is 30.7 Å². The molecule has 1 aromatic carbocycles. The molecule has 0 aliphatic heterocycles. The number of aryl methyl sites for hydroxylation is 2. The molecule has 0 saturated heterocycles. The van der Waals surface area contributed by atoms with Crippen molar-refractivity contribution in [1.82, 2.24) is 20.3 Å². The lowest BCUT2D eigenvalue weighted by Gasteiger charge is -2.06. The van der Waals surface area contributed by atoms with Gasteiger partial charge in [-0.15, -0.1) is 5.10 Å². The van der Waals surface area contributed by atoms with Gasteiger partial charge in [-0.05, 0) is 25.5 Å². The summed E-state index contributed by atoms with van der Waals surface area (Å²) in [6.45, 7) is 9.18. The molecule has 0 unspecified atom stereocenters. The molecule has 0 saturated carbocycles. The van der Waals surface area contributed by atoms with E-state index in [-0.39, 0.29) is 0 Å². The van der Waals surface area contributed by atoms with E-state index in [0.717, 1.165) is 17.9 Å². The Morgan fingerprint density at radius 1 is 1.28 bits per heavy atom. The number of nitrogens with one attached hydrogen (secondary N) is 1. The predicted octanol–water partition coefficient (Wildman–Crippen LogP) is 2.38. The molecule has 0 atom stereocenters. The standard InChI is InChI=1S/C14H20N4/c1-10(2)15-8-13-9-18(17-16-13)14-6-5-11(3)7-12(14)4/h5-7,9-10,15H,8H2,1-4H3. The van der Waals surface area contributed by atoms with Crippen molar-refractivity contribution in [3.63, 3.8) is 0 Å². The largest absolute Gasteiger partial charge is 0.309 e. The molecule has 1 heterocycles. The van der Waals surface area contributed by atoms with Gasteiger partial charge in [0, 0.05) is 12.6 Å². The van der Waals surface area contributed by atoms with Gasteiger partial charge in [0.25, 0.3) is 0 Å². The van der Waals surface area contributed by atoms with E-state index in [0.29, 0.717) is 6.04 Å². The fourth-order valence-corrected chi connectivity index (χ4v) is 1.87. The van der Waals surface area contributed by atoms with Crippen molar-refractivity contribution in [3.8, 4) is 5.69 Å². The fourth-order valence-electron chi connectivity index (χ4n) is 1.87. The molecular formula is C14H20N4. The van der Waals surface area contributed by atoms with Gasteiger partial charge in [-0.1, -0.05) is 36.8 Å². The average Bonchev–Trinajstić information content (AvgIpc) is 2.75. The summed E-state index contributed by atoms with van der Waals surface area (Å²) in [6, 6.07) is 6.79. The molecule has 18 heavy (non-hydrogen) atoms. The number of aromatic nitrogens is 3. The Balaban J connectivity index is 2.18. The van der Waals surface area contributed by atoms with E-state index in [4.69, 9.17) is 0 Å². The van der Waals surface area contributed by atoms with Gasteiger partial charge in [0.1, 0.15) is 0 Å². The van der Waals surface area contributed by atoms with Gasteiger partial charge in [0.2, 0.25) is 0 Å². The molecule has 0 aliphatic rings. The van der Waals surface area contributed by atoms with Crippen molar-refractivity contribution in [3.05, 3.63) is 41.2 Å². The van der Waals surface area contributed by atoms with Crippen molar-refractivity contribution in [2.75, 3.05) is 0 Å². The molecular weight excluding hydrogens is 224 g/mol. The van der Waals surface area contributed by atoms with E-state index in [9.17, 15) is 0 Å². The summed E-state index contributed by atoms with van der Waals surface area (Å²) in [5.74, 6) is 0. The van der Waals surface area contributed by atoms with E-state index >= 15 is 0 Å². The summed E-state index contributed by atoms with van der Waals surface area (Å²) in [7, 11) is 0. The topological polar surface area (TPSA) is 42.7 Å². The molecule has 1 aromatic heterocycles. The van der Waals surface area contributed by atoms with E-state index in [1.165, 1.54) is 11.1 Å². The first-order chi connectivity index (χ1) is 8.56. The van der Waals surface area contributed by atoms with E-state index in [1.54, 1.807) is 0 Å². The second-order valence-electron chi connectivity index (χ2n) is 4.98. The number of nitrogens with zero attached hydrogens (tertiary/aromatic N) is 3. The summed E-state index contributed by atoms with van der Waals surface area (Å²) in [5, 5.41) is 11.7. The lowest BCUT2D eigenvalue weighted by atomic mass is 10.1. The van der Waals surface area contributed by atoms with Gasteiger partial charge in [-0.3, -0.25) is 0 Å². The molecule has 4 nitrogen and oxygen atoms in total. The zero-order chi connectivity index (χ0) is 13.1. The summed E-state index contributed by atoms with van der Waals surface area (Å²) in [4.78, 5) is 0. The highest BCUT2D eigenvalue weighted by Gasteiger charge is 2.05. The lowest BCUT2D eigenvalue weighted by molar-refractivity contribution is 0.580. The summed E-state index contributed by atoms with van der Waals surface area (Å²) in [6.07, 6.45) is 1.98. The minimum Gasteiger partial charge on any atom is -0.309 e. The zero-order valence-electron chi connectivity index (χ0n) is 11.4. The molecule has 1 N–H and O–H groups in total. The number of hydrogen-bond donors (Lipinski definition) is 1. The highest BCUT2D eigenvalue weighted by molar-refractivity contribution is 5.41. The average molecular weight is 244 g/mol. The minimum atomic E-state index is 0.455. The van der Waals surface area contributed by atoms with Crippen LogP contribution in [0.2, 0.25) is 0 Å². The van der Waals surface area contributed by atoms with Gasteiger partial charge in [-0.2, -0.15) is 0 Å². The Morgan fingerprint density at radius 2 is 2.06 bits per heavy atom. The molecule has 0 radical (unpaired) electrons. The summed E-state index contributed by atoms with van der Waals surface area (Å²) >= 11 is 0. The van der Waals surface area contributed by atoms with Crippen molar-refractivity contribution in [1.29, 1.82) is 0 Å². The van der Waals surface area contributed by atoms with Crippen LogP contribution in [-0.2, 0) is 6.54 Å². The molecule has 0 fully saturated rings. The Morgan fingerprint density at radius 3 is 2.72 bits per heavy atom. The SMILES string of the molecule is Cc1ccc(-n2cc(CNC(C)C)nn2)c(C)c1. The second-order valence-corrected chi connectivity index (χ2v) is 4.98. The highest BCUT2D eigenvalue weighted by Crippen LogP contribution is 2.14. The smallest absolute Gasteiger partial charge is 0.0969 e. The Kier molecular flexibility index (Phi) is 3.77. The maximum Gasteiger partial charge on any atom is 0.0969 e. The van der Waals surface area contributed by atoms with Crippen LogP contribution in [0.3, 0.4) is 0 Å². The molecule has 96 valence electrons. The van der Waals surface area contributed by atoms with Crippen LogP contribution in [0.5, 0.6) is 0 Å². The van der Waals surface area contributed by atoms with Crippen LogP contribution in [0.25, 0.3) is 5.69 Å². The molecule has 0 amide bonds. The van der Waals surface area contributed by atoms with E-state index < -0.39 is 0 Å². The third-order valence-electron chi connectivity index (χ3n) is 2.83. The number of benzene rings is 1. The third kappa shape index (κ3) is 2.96. The maximum atomic E-state index is 4.18. The van der Waals surface area contributed by atoms with Gasteiger partial charge in [0.05, 0.1) is 17.6 Å². The molecule has 4 heteroatoms. The third-order valence-corrected chi connectivity index (χ3v) is 2.83. The second kappa shape index (κ2) is 5.31. The monoisotopic (exact) mass is 244 g/mol. The molecule has 0 spiro atoms. The van der Waals surface area contributed by atoms with Crippen LogP contribution >= 0.6 is 0 Å². The molecule has 2 rings (SSSR count). The van der Waals surface area contributed by atoms with E-state index in [2.05, 4.69) is 61.5 Å². The molecule has 0 bridgehead atoms. The van der Waals surface area contributed by atoms with Gasteiger partial charge < -0.3 is 5.32 Å². The maximum absolute atomic E-state index is 4.18. The number of rotatable bonds is 4. The summed E-state index contributed by atoms with van der Waals surface area (Å²) < 4.78 is 1.84. The van der Waals surface area contributed by atoms with Crippen LogP contribution in [0.15, 0.2) is 24.4 Å². The van der Waals surface area contributed by atoms with Crippen molar-refractivity contribution < 1.29 is 0 Å². The van der Waals surface area contributed by atoms with E-state index in [1.807, 2.05) is 10.9 Å². The number of hydrogen-bond acceptors (Lipinski definition) is 3. The summed E-state index contributed by atoms with van der Waals surface area (Å²) in [5.41, 5.74) is 4.52. The van der Waals surface area contributed by atoms with Crippen molar-refractivity contribution >= 4 is 0 Å². The van der Waals surface area contributed by atoms with Crippen LogP contribution in [0, 0.1) is 13.8 Å².